The average molecular weight is 354 g/mol. The molecule has 8 heteroatoms. The molecule has 0 bridgehead atoms. The molecule has 7 nitrogen and oxygen atoms in total. The lowest BCUT2D eigenvalue weighted by Gasteiger charge is -2.08. The lowest BCUT2D eigenvalue weighted by atomic mass is 10.2. The summed E-state index contributed by atoms with van der Waals surface area (Å²) in [6, 6.07) is 14.7. The molecule has 2 aromatic carbocycles. The van der Waals surface area contributed by atoms with Crippen LogP contribution in [0.5, 0.6) is 0 Å². The highest BCUT2D eigenvalue weighted by Gasteiger charge is 2.17. The summed E-state index contributed by atoms with van der Waals surface area (Å²) in [4.78, 5) is 17.0. The number of aryl methyl sites for hydroxylation is 1. The third-order valence-corrected chi connectivity index (χ3v) is 5.21. The van der Waals surface area contributed by atoms with E-state index < -0.39 is 10.0 Å². The minimum atomic E-state index is -3.81. The molecule has 2 N–H and O–H groups in total. The van der Waals surface area contributed by atoms with Gasteiger partial charge in [0.15, 0.2) is 5.65 Å². The van der Waals surface area contributed by atoms with Crippen molar-refractivity contribution in [3.05, 3.63) is 70.6 Å². The van der Waals surface area contributed by atoms with Crippen LogP contribution in [0.2, 0.25) is 0 Å². The van der Waals surface area contributed by atoms with E-state index in [4.69, 9.17) is 0 Å². The average Bonchev–Trinajstić information content (AvgIpc) is 2.96. The standard InChI is InChI=1S/C17H14N4O3S/c1-11-9-16-18-15-8-7-13(10-14(15)17(22)21(16)19-11)25(23,24)20-12-5-3-2-4-6-12/h2-10,19-20H,1H3. The Morgan fingerprint density at radius 2 is 1.84 bits per heavy atom. The van der Waals surface area contributed by atoms with Gasteiger partial charge in [0.05, 0.1) is 15.8 Å². The van der Waals surface area contributed by atoms with E-state index in [1.807, 2.05) is 6.92 Å². The lowest BCUT2D eigenvalue weighted by Crippen LogP contribution is -2.17. The van der Waals surface area contributed by atoms with Crippen LogP contribution in [0.4, 0.5) is 5.69 Å². The molecule has 0 aliphatic rings. The maximum Gasteiger partial charge on any atom is 0.280 e. The molecule has 0 saturated carbocycles. The summed E-state index contributed by atoms with van der Waals surface area (Å²) in [5.41, 5.74) is 1.84. The monoisotopic (exact) mass is 354 g/mol. The summed E-state index contributed by atoms with van der Waals surface area (Å²) in [6.07, 6.45) is 0. The van der Waals surface area contributed by atoms with Gasteiger partial charge in [0, 0.05) is 17.4 Å². The Labute approximate surface area is 143 Å². The molecule has 2 aromatic heterocycles. The highest BCUT2D eigenvalue weighted by Crippen LogP contribution is 2.19. The van der Waals surface area contributed by atoms with E-state index in [2.05, 4.69) is 14.8 Å². The maximum absolute atomic E-state index is 12.6. The minimum Gasteiger partial charge on any atom is -0.294 e. The first-order chi connectivity index (χ1) is 11.9. The predicted molar refractivity (Wildman–Crippen MR) is 95.3 cm³/mol. The molecule has 4 rings (SSSR count). The van der Waals surface area contributed by atoms with Crippen molar-refractivity contribution in [3.8, 4) is 0 Å². The van der Waals surface area contributed by atoms with Gasteiger partial charge in [-0.05, 0) is 37.3 Å². The SMILES string of the molecule is Cc1cc2nc3ccc(S(=O)(=O)Nc4ccccc4)cc3c(=O)n2[nH]1. The van der Waals surface area contributed by atoms with E-state index in [0.717, 1.165) is 5.69 Å². The number of aromatic nitrogens is 3. The molecule has 0 radical (unpaired) electrons. The zero-order valence-electron chi connectivity index (χ0n) is 13.2. The largest absolute Gasteiger partial charge is 0.294 e. The zero-order valence-corrected chi connectivity index (χ0v) is 14.0. The molecule has 4 aromatic rings. The van der Waals surface area contributed by atoms with Crippen molar-refractivity contribution < 1.29 is 8.42 Å². The van der Waals surface area contributed by atoms with Gasteiger partial charge in [0.1, 0.15) is 0 Å². The summed E-state index contributed by atoms with van der Waals surface area (Å²) in [7, 11) is -3.81. The van der Waals surface area contributed by atoms with Gasteiger partial charge >= 0.3 is 0 Å². The van der Waals surface area contributed by atoms with Crippen molar-refractivity contribution in [1.82, 2.24) is 14.6 Å². The number of hydrogen-bond donors (Lipinski definition) is 2. The number of aromatic amines is 1. The Bertz CT molecular complexity index is 1260. The second-order valence-electron chi connectivity index (χ2n) is 5.70. The topological polar surface area (TPSA) is 96.3 Å². The molecule has 0 atom stereocenters. The fourth-order valence-corrected chi connectivity index (χ4v) is 3.76. The third kappa shape index (κ3) is 2.66. The van der Waals surface area contributed by atoms with Crippen LogP contribution >= 0.6 is 0 Å². The minimum absolute atomic E-state index is 0.00554. The Kier molecular flexibility index (Phi) is 3.36. The van der Waals surface area contributed by atoms with Crippen molar-refractivity contribution in [3.63, 3.8) is 0 Å². The van der Waals surface area contributed by atoms with Crippen LogP contribution in [-0.4, -0.2) is 23.0 Å². The molecule has 0 unspecified atom stereocenters. The van der Waals surface area contributed by atoms with E-state index in [0.29, 0.717) is 16.9 Å². The molecular weight excluding hydrogens is 340 g/mol. The van der Waals surface area contributed by atoms with Gasteiger partial charge < -0.3 is 0 Å². The van der Waals surface area contributed by atoms with Crippen molar-refractivity contribution in [2.45, 2.75) is 11.8 Å². The smallest absolute Gasteiger partial charge is 0.280 e. The van der Waals surface area contributed by atoms with Crippen molar-refractivity contribution >= 4 is 32.3 Å². The number of sulfonamides is 1. The van der Waals surface area contributed by atoms with Gasteiger partial charge in [-0.15, -0.1) is 0 Å². The van der Waals surface area contributed by atoms with E-state index >= 15 is 0 Å². The summed E-state index contributed by atoms with van der Waals surface area (Å²) in [6.45, 7) is 1.82. The van der Waals surface area contributed by atoms with E-state index in [9.17, 15) is 13.2 Å². The first-order valence-corrected chi connectivity index (χ1v) is 9.02. The first-order valence-electron chi connectivity index (χ1n) is 7.54. The molecule has 0 fully saturated rings. The molecule has 0 amide bonds. The Hall–Kier alpha value is -3.13. The van der Waals surface area contributed by atoms with Crippen LogP contribution in [0, 0.1) is 6.92 Å². The fraction of sp³-hybridized carbons (Fsp3) is 0.0588. The quantitative estimate of drug-likeness (QED) is 0.590. The second kappa shape index (κ2) is 5.45. The number of anilines is 1. The number of fused-ring (bicyclic) bond motifs is 2. The van der Waals surface area contributed by atoms with Gasteiger partial charge in [-0.3, -0.25) is 14.6 Å². The number of rotatable bonds is 3. The molecule has 25 heavy (non-hydrogen) atoms. The molecule has 126 valence electrons. The highest BCUT2D eigenvalue weighted by molar-refractivity contribution is 7.92. The van der Waals surface area contributed by atoms with Crippen LogP contribution in [0.3, 0.4) is 0 Å². The Balaban J connectivity index is 1.87. The highest BCUT2D eigenvalue weighted by atomic mass is 32.2. The maximum atomic E-state index is 12.6. The van der Waals surface area contributed by atoms with Crippen LogP contribution in [-0.2, 0) is 10.0 Å². The molecule has 0 saturated heterocycles. The van der Waals surface area contributed by atoms with Crippen LogP contribution in [0.15, 0.2) is 64.3 Å². The van der Waals surface area contributed by atoms with Gasteiger partial charge in [-0.2, -0.15) is 0 Å². The van der Waals surface area contributed by atoms with Gasteiger partial charge in [-0.1, -0.05) is 18.2 Å². The van der Waals surface area contributed by atoms with Crippen LogP contribution < -0.4 is 10.3 Å². The van der Waals surface area contributed by atoms with E-state index in [1.54, 1.807) is 42.5 Å². The summed E-state index contributed by atoms with van der Waals surface area (Å²) in [5, 5.41) is 3.13. The number of nitrogens with one attached hydrogen (secondary N) is 2. The Morgan fingerprint density at radius 1 is 1.08 bits per heavy atom. The number of nitrogens with zero attached hydrogens (tertiary/aromatic N) is 2. The van der Waals surface area contributed by atoms with E-state index in [1.165, 1.54) is 16.6 Å². The number of H-pyrrole nitrogens is 1. The molecule has 0 aliphatic carbocycles. The van der Waals surface area contributed by atoms with Gasteiger partial charge in [-0.25, -0.2) is 17.9 Å². The van der Waals surface area contributed by atoms with Gasteiger partial charge in [0.25, 0.3) is 15.6 Å². The number of benzene rings is 2. The summed E-state index contributed by atoms with van der Waals surface area (Å²) < 4.78 is 29.0. The zero-order chi connectivity index (χ0) is 17.6. The van der Waals surface area contributed by atoms with Crippen LogP contribution in [0.1, 0.15) is 5.69 Å². The molecular formula is C17H14N4O3S. The van der Waals surface area contributed by atoms with Crippen LogP contribution in [0.25, 0.3) is 16.6 Å². The van der Waals surface area contributed by atoms with Gasteiger partial charge in [0.2, 0.25) is 0 Å². The van der Waals surface area contributed by atoms with Crippen molar-refractivity contribution in [1.29, 1.82) is 0 Å². The second-order valence-corrected chi connectivity index (χ2v) is 7.38. The summed E-state index contributed by atoms with van der Waals surface area (Å²) >= 11 is 0. The van der Waals surface area contributed by atoms with Crippen molar-refractivity contribution in [2.75, 3.05) is 4.72 Å². The lowest BCUT2D eigenvalue weighted by molar-refractivity contribution is 0.601. The van der Waals surface area contributed by atoms with E-state index in [-0.39, 0.29) is 15.8 Å². The fourth-order valence-electron chi connectivity index (χ4n) is 2.68. The summed E-state index contributed by atoms with van der Waals surface area (Å²) in [5.74, 6) is 0. The number of para-hydroxylation sites is 1. The molecule has 2 heterocycles. The normalized spacial score (nSPS) is 11.9. The van der Waals surface area contributed by atoms with Crippen molar-refractivity contribution in [2.24, 2.45) is 0 Å². The number of hydrogen-bond acceptors (Lipinski definition) is 4. The third-order valence-electron chi connectivity index (χ3n) is 3.84. The molecule has 0 aliphatic heterocycles. The molecule has 0 spiro atoms. The first kappa shape index (κ1) is 15.4. The Morgan fingerprint density at radius 3 is 2.60 bits per heavy atom. The predicted octanol–water partition coefficient (Wildman–Crippen LogP) is 2.29.